The van der Waals surface area contributed by atoms with E-state index in [0.717, 1.165) is 25.9 Å². The molecule has 0 radical (unpaired) electrons. The molecule has 1 aromatic heterocycles. The Labute approximate surface area is 104 Å². The van der Waals surface area contributed by atoms with E-state index in [4.69, 9.17) is 4.42 Å². The van der Waals surface area contributed by atoms with Gasteiger partial charge in [0.2, 0.25) is 5.89 Å². The quantitative estimate of drug-likeness (QED) is 0.717. The van der Waals surface area contributed by atoms with Crippen LogP contribution in [-0.4, -0.2) is 30.3 Å². The first-order valence-corrected chi connectivity index (χ1v) is 6.53. The molecule has 0 aliphatic rings. The molecule has 0 bridgehead atoms. The second kappa shape index (κ2) is 8.06. The minimum Gasteiger partial charge on any atom is -0.407 e. The summed E-state index contributed by atoms with van der Waals surface area (Å²) in [5.74, 6) is 0.653. The lowest BCUT2D eigenvalue weighted by molar-refractivity contribution is 0.466. The Kier molecular flexibility index (Phi) is 6.62. The van der Waals surface area contributed by atoms with Gasteiger partial charge >= 0.3 is 6.01 Å². The fraction of sp³-hybridized carbons (Fsp3) is 0.833. The highest BCUT2D eigenvalue weighted by molar-refractivity contribution is 5.23. The summed E-state index contributed by atoms with van der Waals surface area (Å²) in [4.78, 5) is 2.19. The molecule has 1 heterocycles. The predicted octanol–water partition coefficient (Wildman–Crippen LogP) is 2.20. The molecule has 0 amide bonds. The molecule has 5 heteroatoms. The van der Waals surface area contributed by atoms with Crippen LogP contribution in [0.3, 0.4) is 0 Å². The summed E-state index contributed by atoms with van der Waals surface area (Å²) in [5.41, 5.74) is 0. The zero-order chi connectivity index (χ0) is 12.5. The number of aromatic nitrogens is 2. The Morgan fingerprint density at radius 2 is 1.76 bits per heavy atom. The van der Waals surface area contributed by atoms with E-state index in [0.29, 0.717) is 18.5 Å². The molecule has 17 heavy (non-hydrogen) atoms. The highest BCUT2D eigenvalue weighted by Gasteiger charge is 2.13. The predicted molar refractivity (Wildman–Crippen MR) is 69.1 cm³/mol. The third kappa shape index (κ3) is 4.73. The van der Waals surface area contributed by atoms with Crippen molar-refractivity contribution in [1.82, 2.24) is 15.5 Å². The van der Waals surface area contributed by atoms with Crippen molar-refractivity contribution in [3.05, 3.63) is 5.89 Å². The molecule has 0 aliphatic heterocycles. The summed E-state index contributed by atoms with van der Waals surface area (Å²) in [5, 5.41) is 11.1. The summed E-state index contributed by atoms with van der Waals surface area (Å²) in [6.45, 7) is 7.01. The van der Waals surface area contributed by atoms with E-state index < -0.39 is 0 Å². The molecule has 98 valence electrons. The molecule has 5 nitrogen and oxygen atoms in total. The number of nitrogens with one attached hydrogen (secondary N) is 1. The Hall–Kier alpha value is -1.10. The van der Waals surface area contributed by atoms with E-state index in [1.54, 1.807) is 0 Å². The maximum Gasteiger partial charge on any atom is 0.318 e. The third-order valence-corrected chi connectivity index (χ3v) is 2.62. The van der Waals surface area contributed by atoms with Crippen LogP contribution in [-0.2, 0) is 6.54 Å². The van der Waals surface area contributed by atoms with Gasteiger partial charge in [-0.2, -0.15) is 0 Å². The average molecular weight is 240 g/mol. The van der Waals surface area contributed by atoms with Gasteiger partial charge in [-0.15, -0.1) is 5.10 Å². The van der Waals surface area contributed by atoms with Gasteiger partial charge in [-0.25, -0.2) is 0 Å². The maximum atomic E-state index is 5.62. The van der Waals surface area contributed by atoms with E-state index >= 15 is 0 Å². The average Bonchev–Trinajstić information content (AvgIpc) is 2.78. The first kappa shape index (κ1) is 14.0. The van der Waals surface area contributed by atoms with Gasteiger partial charge in [-0.05, 0) is 19.9 Å². The first-order valence-electron chi connectivity index (χ1n) is 6.53. The molecule has 0 fully saturated rings. The van der Waals surface area contributed by atoms with Crippen LogP contribution >= 0.6 is 0 Å². The number of nitrogens with zero attached hydrogens (tertiary/aromatic N) is 3. The van der Waals surface area contributed by atoms with Crippen molar-refractivity contribution < 1.29 is 4.42 Å². The Morgan fingerprint density at radius 1 is 1.12 bits per heavy atom. The van der Waals surface area contributed by atoms with Gasteiger partial charge in [0.15, 0.2) is 0 Å². The van der Waals surface area contributed by atoms with Crippen LogP contribution in [0.25, 0.3) is 0 Å². The van der Waals surface area contributed by atoms with Crippen molar-refractivity contribution >= 4 is 6.01 Å². The van der Waals surface area contributed by atoms with Gasteiger partial charge in [0, 0.05) is 13.1 Å². The zero-order valence-electron chi connectivity index (χ0n) is 11.2. The Bertz CT molecular complexity index is 292. The van der Waals surface area contributed by atoms with Gasteiger partial charge in [-0.1, -0.05) is 31.8 Å². The van der Waals surface area contributed by atoms with Crippen LogP contribution in [0.2, 0.25) is 0 Å². The molecule has 1 rings (SSSR count). The van der Waals surface area contributed by atoms with E-state index in [2.05, 4.69) is 34.3 Å². The fourth-order valence-electron chi connectivity index (χ4n) is 1.60. The minimum absolute atomic E-state index is 0.627. The number of rotatable bonds is 9. The third-order valence-electron chi connectivity index (χ3n) is 2.62. The summed E-state index contributed by atoms with van der Waals surface area (Å²) in [6.07, 6.45) is 4.68. The van der Waals surface area contributed by atoms with Crippen molar-refractivity contribution in [2.45, 2.75) is 46.1 Å². The standard InChI is InChI=1S/C12H24N4O/c1-4-6-8-16(9-7-5-2)12-15-14-11(17-12)10-13-3/h13H,4-10H2,1-3H3. The van der Waals surface area contributed by atoms with Crippen LogP contribution in [0.1, 0.15) is 45.4 Å². The summed E-state index contributed by atoms with van der Waals surface area (Å²) >= 11 is 0. The van der Waals surface area contributed by atoms with Gasteiger partial charge in [0.25, 0.3) is 0 Å². The van der Waals surface area contributed by atoms with Crippen molar-refractivity contribution in [1.29, 1.82) is 0 Å². The first-order chi connectivity index (χ1) is 8.31. The van der Waals surface area contributed by atoms with Gasteiger partial charge < -0.3 is 14.6 Å². The van der Waals surface area contributed by atoms with Crippen LogP contribution in [0, 0.1) is 0 Å². The lowest BCUT2D eigenvalue weighted by Gasteiger charge is -2.19. The lowest BCUT2D eigenvalue weighted by atomic mass is 10.3. The molecular formula is C12H24N4O. The highest BCUT2D eigenvalue weighted by Crippen LogP contribution is 2.14. The molecule has 0 saturated heterocycles. The molecule has 0 saturated carbocycles. The van der Waals surface area contributed by atoms with Gasteiger partial charge in [0.1, 0.15) is 0 Å². The number of unbranched alkanes of at least 4 members (excludes halogenated alkanes) is 2. The van der Waals surface area contributed by atoms with E-state index in [1.165, 1.54) is 12.8 Å². The van der Waals surface area contributed by atoms with Crippen LogP contribution in [0.4, 0.5) is 6.01 Å². The van der Waals surface area contributed by atoms with Crippen LogP contribution in [0.5, 0.6) is 0 Å². The Morgan fingerprint density at radius 3 is 2.29 bits per heavy atom. The largest absolute Gasteiger partial charge is 0.407 e. The van der Waals surface area contributed by atoms with Crippen LogP contribution < -0.4 is 10.2 Å². The smallest absolute Gasteiger partial charge is 0.318 e. The maximum absolute atomic E-state index is 5.62. The Balaban J connectivity index is 2.58. The second-order valence-electron chi connectivity index (χ2n) is 4.20. The topological polar surface area (TPSA) is 54.2 Å². The molecule has 0 unspecified atom stereocenters. The second-order valence-corrected chi connectivity index (χ2v) is 4.20. The minimum atomic E-state index is 0.627. The molecule has 1 N–H and O–H groups in total. The van der Waals surface area contributed by atoms with Gasteiger partial charge in [0.05, 0.1) is 6.54 Å². The number of hydrogen-bond donors (Lipinski definition) is 1. The van der Waals surface area contributed by atoms with E-state index in [9.17, 15) is 0 Å². The zero-order valence-corrected chi connectivity index (χ0v) is 11.2. The molecular weight excluding hydrogens is 216 g/mol. The monoisotopic (exact) mass is 240 g/mol. The fourth-order valence-corrected chi connectivity index (χ4v) is 1.60. The molecule has 0 aromatic carbocycles. The highest BCUT2D eigenvalue weighted by atomic mass is 16.4. The van der Waals surface area contributed by atoms with Crippen molar-refractivity contribution in [3.8, 4) is 0 Å². The summed E-state index contributed by atoms with van der Waals surface area (Å²) in [6, 6.07) is 0.664. The van der Waals surface area contributed by atoms with E-state index in [-0.39, 0.29) is 0 Å². The van der Waals surface area contributed by atoms with Crippen LogP contribution in [0.15, 0.2) is 4.42 Å². The number of anilines is 1. The molecule has 1 aromatic rings. The summed E-state index contributed by atoms with van der Waals surface area (Å²) in [7, 11) is 1.87. The lowest BCUT2D eigenvalue weighted by Crippen LogP contribution is -2.25. The number of hydrogen-bond acceptors (Lipinski definition) is 5. The normalized spacial score (nSPS) is 10.8. The van der Waals surface area contributed by atoms with E-state index in [1.807, 2.05) is 7.05 Å². The SMILES string of the molecule is CCCCN(CCCC)c1nnc(CNC)o1. The van der Waals surface area contributed by atoms with Crippen molar-refractivity contribution in [2.24, 2.45) is 0 Å². The van der Waals surface area contributed by atoms with Gasteiger partial charge in [-0.3, -0.25) is 0 Å². The summed E-state index contributed by atoms with van der Waals surface area (Å²) < 4.78 is 5.62. The van der Waals surface area contributed by atoms with Crippen molar-refractivity contribution in [2.75, 3.05) is 25.0 Å². The molecule has 0 spiro atoms. The van der Waals surface area contributed by atoms with Crippen molar-refractivity contribution in [3.63, 3.8) is 0 Å². The molecule has 0 aliphatic carbocycles. The molecule has 0 atom stereocenters.